The summed E-state index contributed by atoms with van der Waals surface area (Å²) in [6, 6.07) is 20.7. The quantitative estimate of drug-likeness (QED) is 0.183. The maximum Gasteiger partial charge on any atom is 0.213 e. The third-order valence-corrected chi connectivity index (χ3v) is 6.93. The normalized spacial score (nSPS) is 10.6. The molecule has 0 fully saturated rings. The first-order chi connectivity index (χ1) is 16.0. The van der Waals surface area contributed by atoms with Crippen LogP contribution in [0.1, 0.15) is 36.1 Å². The van der Waals surface area contributed by atoms with Crippen molar-refractivity contribution in [3.05, 3.63) is 94.8 Å². The third kappa shape index (κ3) is 7.11. The van der Waals surface area contributed by atoms with Crippen LogP contribution in [0.4, 0.5) is 4.39 Å². The first-order valence-electron chi connectivity index (χ1n) is 10.7. The molecule has 4 nitrogen and oxygen atoms in total. The Bertz CT molecular complexity index is 1000. The summed E-state index contributed by atoms with van der Waals surface area (Å²) in [6.45, 7) is 4.64. The molecule has 172 valence electrons. The fourth-order valence-corrected chi connectivity index (χ4v) is 4.91. The van der Waals surface area contributed by atoms with Crippen molar-refractivity contribution in [2.75, 3.05) is 13.2 Å². The molecule has 0 saturated carbocycles. The number of nitrogens with one attached hydrogen (secondary N) is 2. The van der Waals surface area contributed by atoms with Crippen molar-refractivity contribution < 1.29 is 13.9 Å². The minimum atomic E-state index is -0.197. The van der Waals surface area contributed by atoms with Gasteiger partial charge in [-0.1, -0.05) is 30.3 Å². The van der Waals surface area contributed by atoms with Crippen LogP contribution in [0, 0.1) is 16.6 Å². The minimum Gasteiger partial charge on any atom is -0.478 e. The highest BCUT2D eigenvalue weighted by molar-refractivity contribution is 7.99. The van der Waals surface area contributed by atoms with Crippen LogP contribution < -0.4 is 0 Å². The maximum absolute atomic E-state index is 15.1. The average Bonchev–Trinajstić information content (AvgIpc) is 2.83. The lowest BCUT2D eigenvalue weighted by molar-refractivity contribution is 0.325. The van der Waals surface area contributed by atoms with Crippen LogP contribution in [0.5, 0.6) is 0 Å². The largest absolute Gasteiger partial charge is 0.478 e. The van der Waals surface area contributed by atoms with Gasteiger partial charge in [-0.05, 0) is 61.4 Å². The molecule has 0 aliphatic carbocycles. The van der Waals surface area contributed by atoms with E-state index in [2.05, 4.69) is 0 Å². The summed E-state index contributed by atoms with van der Waals surface area (Å²) in [5.74, 6) is 1.41. The Morgan fingerprint density at radius 1 is 0.697 bits per heavy atom. The van der Waals surface area contributed by atoms with Crippen LogP contribution in [0.25, 0.3) is 0 Å². The van der Waals surface area contributed by atoms with Crippen molar-refractivity contribution in [2.45, 2.75) is 35.1 Å². The Labute approximate surface area is 202 Å². The van der Waals surface area contributed by atoms with Gasteiger partial charge in [0.05, 0.1) is 13.2 Å². The molecule has 0 aliphatic heterocycles. The number of benzene rings is 3. The van der Waals surface area contributed by atoms with Crippen LogP contribution in [0.2, 0.25) is 0 Å². The van der Waals surface area contributed by atoms with E-state index in [-0.39, 0.29) is 17.6 Å². The summed E-state index contributed by atoms with van der Waals surface area (Å²) in [5.41, 5.74) is 3.59. The molecule has 0 aliphatic rings. The molecule has 0 spiro atoms. The summed E-state index contributed by atoms with van der Waals surface area (Å²) < 4.78 is 25.5. The molecule has 0 heterocycles. The first-order valence-corrected chi connectivity index (χ1v) is 12.6. The van der Waals surface area contributed by atoms with E-state index in [1.165, 1.54) is 23.5 Å². The number of halogens is 1. The lowest BCUT2D eigenvalue weighted by Crippen LogP contribution is -2.04. The molecular weight excluding hydrogens is 455 g/mol. The Balaban J connectivity index is 1.58. The van der Waals surface area contributed by atoms with Crippen LogP contribution in [0.15, 0.2) is 76.5 Å². The van der Waals surface area contributed by atoms with Gasteiger partial charge in [-0.3, -0.25) is 10.8 Å². The number of hydrogen-bond acceptors (Lipinski definition) is 6. The van der Waals surface area contributed by atoms with Crippen molar-refractivity contribution in [3.63, 3.8) is 0 Å². The van der Waals surface area contributed by atoms with Crippen molar-refractivity contribution in [1.29, 1.82) is 10.8 Å². The molecule has 3 rings (SSSR count). The second-order valence-corrected chi connectivity index (χ2v) is 9.10. The van der Waals surface area contributed by atoms with E-state index in [1.807, 2.05) is 68.4 Å². The second kappa shape index (κ2) is 12.5. The summed E-state index contributed by atoms with van der Waals surface area (Å²) in [6.07, 6.45) is 0. The van der Waals surface area contributed by atoms with E-state index >= 15 is 4.39 Å². The van der Waals surface area contributed by atoms with Gasteiger partial charge in [0, 0.05) is 32.4 Å². The topological polar surface area (TPSA) is 66.2 Å². The zero-order valence-electron chi connectivity index (χ0n) is 18.7. The Hall–Kier alpha value is -2.77. The van der Waals surface area contributed by atoms with Gasteiger partial charge in [-0.25, -0.2) is 4.39 Å². The SMILES string of the molecule is CCOC(=N)c1ccc(CSc2cccc(SCc3ccc(C(=N)OCC)cc3)c2F)cc1. The predicted molar refractivity (Wildman–Crippen MR) is 135 cm³/mol. The Kier molecular flexibility index (Phi) is 9.39. The standard InChI is InChI=1S/C26H27FN2O2S2/c1-3-30-25(28)20-12-8-18(9-13-20)16-32-22-6-5-7-23(24(22)27)33-17-19-10-14-21(15-11-19)26(29)31-4-2/h5-15,28-29H,3-4,16-17H2,1-2H3. The highest BCUT2D eigenvalue weighted by atomic mass is 32.2. The van der Waals surface area contributed by atoms with Gasteiger partial charge in [0.15, 0.2) is 0 Å². The number of hydrogen-bond donors (Lipinski definition) is 2. The fraction of sp³-hybridized carbons (Fsp3) is 0.231. The van der Waals surface area contributed by atoms with E-state index in [0.29, 0.717) is 34.5 Å². The molecule has 0 radical (unpaired) electrons. The van der Waals surface area contributed by atoms with Crippen molar-refractivity contribution in [3.8, 4) is 0 Å². The summed E-state index contributed by atoms with van der Waals surface area (Å²) in [4.78, 5) is 1.23. The van der Waals surface area contributed by atoms with E-state index in [1.54, 1.807) is 12.1 Å². The average molecular weight is 483 g/mol. The van der Waals surface area contributed by atoms with Gasteiger partial charge in [0.25, 0.3) is 0 Å². The van der Waals surface area contributed by atoms with Crippen LogP contribution in [-0.2, 0) is 21.0 Å². The van der Waals surface area contributed by atoms with Crippen molar-refractivity contribution in [2.24, 2.45) is 0 Å². The number of rotatable bonds is 10. The van der Waals surface area contributed by atoms with Crippen molar-refractivity contribution >= 4 is 35.3 Å². The summed E-state index contributed by atoms with van der Waals surface area (Å²) >= 11 is 2.92. The van der Waals surface area contributed by atoms with E-state index in [4.69, 9.17) is 20.3 Å². The van der Waals surface area contributed by atoms with Crippen LogP contribution in [0.3, 0.4) is 0 Å². The van der Waals surface area contributed by atoms with Gasteiger partial charge < -0.3 is 9.47 Å². The second-order valence-electron chi connectivity index (χ2n) is 7.06. The number of ether oxygens (including phenoxy) is 2. The minimum absolute atomic E-state index is 0.162. The molecule has 0 bridgehead atoms. The van der Waals surface area contributed by atoms with E-state index in [0.717, 1.165) is 22.3 Å². The molecule has 0 aromatic heterocycles. The molecule has 0 amide bonds. The van der Waals surface area contributed by atoms with Crippen molar-refractivity contribution in [1.82, 2.24) is 0 Å². The van der Waals surface area contributed by atoms with Gasteiger partial charge in [0.2, 0.25) is 11.8 Å². The summed E-state index contributed by atoms with van der Waals surface area (Å²) in [7, 11) is 0. The van der Waals surface area contributed by atoms with Gasteiger partial charge >= 0.3 is 0 Å². The zero-order valence-corrected chi connectivity index (χ0v) is 20.3. The third-order valence-electron chi connectivity index (χ3n) is 4.73. The molecule has 2 N–H and O–H groups in total. The first kappa shape index (κ1) is 24.9. The molecule has 3 aromatic rings. The smallest absolute Gasteiger partial charge is 0.213 e. The highest BCUT2D eigenvalue weighted by Gasteiger charge is 2.11. The lowest BCUT2D eigenvalue weighted by Gasteiger charge is -2.10. The predicted octanol–water partition coefficient (Wildman–Crippen LogP) is 7.13. The molecule has 0 unspecified atom stereocenters. The highest BCUT2D eigenvalue weighted by Crippen LogP contribution is 2.33. The molecule has 7 heteroatoms. The molecule has 0 atom stereocenters. The monoisotopic (exact) mass is 482 g/mol. The van der Waals surface area contributed by atoms with Gasteiger partial charge in [-0.15, -0.1) is 23.5 Å². The molecule has 0 saturated heterocycles. The zero-order chi connectivity index (χ0) is 23.6. The lowest BCUT2D eigenvalue weighted by atomic mass is 10.1. The van der Waals surface area contributed by atoms with E-state index < -0.39 is 0 Å². The Morgan fingerprint density at radius 2 is 1.09 bits per heavy atom. The molecule has 3 aromatic carbocycles. The van der Waals surface area contributed by atoms with E-state index in [9.17, 15) is 0 Å². The fourth-order valence-electron chi connectivity index (χ4n) is 3.00. The summed E-state index contributed by atoms with van der Waals surface area (Å²) in [5, 5.41) is 15.7. The number of thioether (sulfide) groups is 2. The maximum atomic E-state index is 15.1. The van der Waals surface area contributed by atoms with Gasteiger partial charge in [0.1, 0.15) is 5.82 Å². The molecule has 33 heavy (non-hydrogen) atoms. The van der Waals surface area contributed by atoms with Crippen LogP contribution >= 0.6 is 23.5 Å². The Morgan fingerprint density at radius 3 is 1.45 bits per heavy atom. The van der Waals surface area contributed by atoms with Gasteiger partial charge in [-0.2, -0.15) is 0 Å². The molecular formula is C26H27FN2O2S2. The van der Waals surface area contributed by atoms with Crippen LogP contribution in [-0.4, -0.2) is 25.0 Å².